The Kier molecular flexibility index (Phi) is 6.95. The predicted octanol–water partition coefficient (Wildman–Crippen LogP) is 5.36. The van der Waals surface area contributed by atoms with Gasteiger partial charge in [-0.25, -0.2) is 5.01 Å². The number of hydrazine groups is 1. The highest BCUT2D eigenvalue weighted by atomic mass is 35.5. The second-order valence-electron chi connectivity index (χ2n) is 10.7. The number of halogens is 1. The second kappa shape index (κ2) is 9.64. The number of carbonyl (C=O) groups is 2. The summed E-state index contributed by atoms with van der Waals surface area (Å²) in [5, 5.41) is 13.6. The van der Waals surface area contributed by atoms with Crippen LogP contribution in [0.1, 0.15) is 56.5 Å². The molecule has 0 aromatic heterocycles. The van der Waals surface area contributed by atoms with Crippen LogP contribution in [0.4, 0.5) is 0 Å². The van der Waals surface area contributed by atoms with Crippen molar-refractivity contribution < 1.29 is 14.3 Å². The van der Waals surface area contributed by atoms with Gasteiger partial charge >= 0.3 is 0 Å². The number of aldehydes is 1. The first-order valence-corrected chi connectivity index (χ1v) is 12.4. The Morgan fingerprint density at radius 1 is 1.11 bits per heavy atom. The first kappa shape index (κ1) is 25.2. The first-order chi connectivity index (χ1) is 16.6. The van der Waals surface area contributed by atoms with E-state index in [9.17, 15) is 14.9 Å². The monoisotopic (exact) mass is 493 g/mol. The molecular weight excluding hydrogens is 462 g/mol. The third-order valence-electron chi connectivity index (χ3n) is 7.56. The van der Waals surface area contributed by atoms with Gasteiger partial charge in [0, 0.05) is 41.5 Å². The van der Waals surface area contributed by atoms with E-state index in [0.717, 1.165) is 19.1 Å². The number of rotatable bonds is 6. The summed E-state index contributed by atoms with van der Waals surface area (Å²) in [7, 11) is 0. The third-order valence-corrected chi connectivity index (χ3v) is 7.88. The number of ether oxygens (including phenoxy) is 1. The van der Waals surface area contributed by atoms with Crippen molar-refractivity contribution in [3.05, 3.63) is 64.7 Å². The molecule has 1 saturated carbocycles. The van der Waals surface area contributed by atoms with Crippen molar-refractivity contribution >= 4 is 23.8 Å². The van der Waals surface area contributed by atoms with Crippen LogP contribution in [0.5, 0.6) is 5.75 Å². The van der Waals surface area contributed by atoms with Crippen LogP contribution in [0.3, 0.4) is 0 Å². The van der Waals surface area contributed by atoms with Crippen LogP contribution in [0.25, 0.3) is 0 Å². The molecule has 0 bridgehead atoms. The van der Waals surface area contributed by atoms with E-state index in [1.165, 1.54) is 0 Å². The molecule has 6 nitrogen and oxygen atoms in total. The minimum absolute atomic E-state index is 0.0406. The maximum atomic E-state index is 13.9. The Morgan fingerprint density at radius 2 is 1.74 bits per heavy atom. The van der Waals surface area contributed by atoms with Crippen molar-refractivity contribution in [1.29, 1.82) is 5.26 Å². The minimum Gasteiger partial charge on any atom is -0.489 e. The molecule has 0 N–H and O–H groups in total. The zero-order valence-electron chi connectivity index (χ0n) is 20.7. The summed E-state index contributed by atoms with van der Waals surface area (Å²) in [6, 6.07) is 16.4. The number of carbonyl (C=O) groups excluding carboxylic acids is 2. The van der Waals surface area contributed by atoms with E-state index >= 15 is 0 Å². The maximum absolute atomic E-state index is 13.9. The van der Waals surface area contributed by atoms with Gasteiger partial charge in [0.25, 0.3) is 5.91 Å². The van der Waals surface area contributed by atoms with Crippen LogP contribution in [-0.2, 0) is 4.79 Å². The van der Waals surface area contributed by atoms with Crippen LogP contribution in [0.2, 0.25) is 5.02 Å². The number of hydrogen-bond donors (Lipinski definition) is 0. The number of hydrogen-bond acceptors (Lipinski definition) is 5. The van der Waals surface area contributed by atoms with Gasteiger partial charge in [-0.2, -0.15) is 5.26 Å². The average Bonchev–Trinajstić information content (AvgIpc) is 2.85. The van der Waals surface area contributed by atoms with Crippen LogP contribution >= 0.6 is 11.6 Å². The Bertz CT molecular complexity index is 1120. The quantitative estimate of drug-likeness (QED) is 0.506. The summed E-state index contributed by atoms with van der Waals surface area (Å²) in [6.45, 7) is 9.82. The molecule has 0 atom stereocenters. The largest absolute Gasteiger partial charge is 0.489 e. The Balaban J connectivity index is 1.65. The van der Waals surface area contributed by atoms with Gasteiger partial charge in [-0.15, -0.1) is 0 Å². The third kappa shape index (κ3) is 4.55. The highest BCUT2D eigenvalue weighted by molar-refractivity contribution is 6.31. The van der Waals surface area contributed by atoms with Gasteiger partial charge in [0.05, 0.1) is 16.6 Å². The minimum atomic E-state index is -0.379. The van der Waals surface area contributed by atoms with Crippen molar-refractivity contribution in [2.75, 3.05) is 13.1 Å². The van der Waals surface area contributed by atoms with Gasteiger partial charge < -0.3 is 9.53 Å². The fourth-order valence-corrected chi connectivity index (χ4v) is 6.41. The fourth-order valence-electron chi connectivity index (χ4n) is 6.20. The van der Waals surface area contributed by atoms with E-state index in [2.05, 4.69) is 38.8 Å². The molecule has 184 valence electrons. The molecule has 1 aliphatic carbocycles. The van der Waals surface area contributed by atoms with E-state index in [1.54, 1.807) is 18.2 Å². The topological polar surface area (TPSA) is 73.6 Å². The zero-order valence-corrected chi connectivity index (χ0v) is 21.5. The Morgan fingerprint density at radius 3 is 2.29 bits per heavy atom. The van der Waals surface area contributed by atoms with E-state index in [4.69, 9.17) is 16.3 Å². The second-order valence-corrected chi connectivity index (χ2v) is 11.1. The van der Waals surface area contributed by atoms with Crippen molar-refractivity contribution in [3.8, 4) is 11.8 Å². The zero-order chi connectivity index (χ0) is 25.4. The van der Waals surface area contributed by atoms with Gasteiger partial charge in [0.15, 0.2) is 0 Å². The molecule has 0 spiro atoms. The number of amides is 1. The summed E-state index contributed by atoms with van der Waals surface area (Å²) < 4.78 is 6.45. The van der Waals surface area contributed by atoms with Crippen molar-refractivity contribution in [3.63, 3.8) is 0 Å². The maximum Gasteiger partial charge on any atom is 0.268 e. The molecule has 2 fully saturated rings. The lowest BCUT2D eigenvalue weighted by atomic mass is 9.49. The summed E-state index contributed by atoms with van der Waals surface area (Å²) in [5.41, 5.74) is 0.285. The Hall–Kier alpha value is -2.88. The molecule has 7 heteroatoms. The van der Waals surface area contributed by atoms with E-state index < -0.39 is 0 Å². The molecule has 2 aliphatic rings. The van der Waals surface area contributed by atoms with Gasteiger partial charge in [-0.05, 0) is 37.1 Å². The van der Waals surface area contributed by atoms with E-state index in [0.29, 0.717) is 35.0 Å². The van der Waals surface area contributed by atoms with Gasteiger partial charge in [0.2, 0.25) is 0 Å². The highest BCUT2D eigenvalue weighted by Crippen LogP contribution is 2.58. The molecule has 1 heterocycles. The fraction of sp³-hybridized carbons (Fsp3) is 0.464. The molecule has 0 unspecified atom stereocenters. The molecule has 1 saturated heterocycles. The molecule has 4 rings (SSSR count). The smallest absolute Gasteiger partial charge is 0.268 e. The predicted molar refractivity (Wildman–Crippen MR) is 135 cm³/mol. The molecule has 1 aliphatic heterocycles. The van der Waals surface area contributed by atoms with E-state index in [-0.39, 0.29) is 34.8 Å². The number of nitriles is 1. The lowest BCUT2D eigenvalue weighted by Gasteiger charge is -2.67. The summed E-state index contributed by atoms with van der Waals surface area (Å²) in [4.78, 5) is 25.2. The summed E-state index contributed by atoms with van der Waals surface area (Å²) in [5.74, 6) is 0.604. The number of piperidine rings is 1. The Labute approximate surface area is 212 Å². The van der Waals surface area contributed by atoms with Crippen LogP contribution in [0, 0.1) is 28.1 Å². The lowest BCUT2D eigenvalue weighted by molar-refractivity contribution is -0.240. The standard InChI is InChI=1S/C28H32ClN3O3/c1-27(2)25(28(3,4)26(27)35-22-11-10-21(17-30)23(29)16-22)32(24(34)20-8-6-5-7-9-20)31-14-12-19(18-33)13-15-31/h5-11,16,18-19,25-26H,12-15H2,1-4H3. The molecule has 35 heavy (non-hydrogen) atoms. The number of benzene rings is 2. The van der Waals surface area contributed by atoms with Gasteiger partial charge in [-0.1, -0.05) is 57.5 Å². The summed E-state index contributed by atoms with van der Waals surface area (Å²) >= 11 is 6.24. The first-order valence-electron chi connectivity index (χ1n) is 12.1. The van der Waals surface area contributed by atoms with E-state index in [1.807, 2.05) is 35.3 Å². The van der Waals surface area contributed by atoms with Crippen LogP contribution in [-0.4, -0.2) is 47.4 Å². The highest BCUT2D eigenvalue weighted by Gasteiger charge is 2.67. The molecular formula is C28H32ClN3O3. The SMILES string of the molecule is CC1(C)C(Oc2ccc(C#N)c(Cl)c2)C(C)(C)C1N(C(=O)c1ccccc1)N1CCC(C=O)CC1. The van der Waals surface area contributed by atoms with Crippen molar-refractivity contribution in [1.82, 2.24) is 10.0 Å². The summed E-state index contributed by atoms with van der Waals surface area (Å²) in [6.07, 6.45) is 2.31. The van der Waals surface area contributed by atoms with Crippen LogP contribution < -0.4 is 4.74 Å². The van der Waals surface area contributed by atoms with Crippen molar-refractivity contribution in [2.24, 2.45) is 16.7 Å². The van der Waals surface area contributed by atoms with Crippen molar-refractivity contribution in [2.45, 2.75) is 52.7 Å². The molecule has 0 radical (unpaired) electrons. The van der Waals surface area contributed by atoms with Crippen LogP contribution in [0.15, 0.2) is 48.5 Å². The van der Waals surface area contributed by atoms with Gasteiger partial charge in [-0.3, -0.25) is 9.80 Å². The van der Waals surface area contributed by atoms with Gasteiger partial charge in [0.1, 0.15) is 24.2 Å². The normalized spacial score (nSPS) is 23.5. The number of nitrogens with zero attached hydrogens (tertiary/aromatic N) is 3. The molecule has 2 aromatic rings. The molecule has 1 amide bonds. The lowest BCUT2D eigenvalue weighted by Crippen LogP contribution is -2.77. The average molecular weight is 494 g/mol. The molecule has 2 aromatic carbocycles.